The fraction of sp³-hybridized carbons (Fsp3) is 0.353. The molecule has 4 heterocycles. The number of fused-ring (bicyclic) bond motifs is 1. The van der Waals surface area contributed by atoms with Crippen LogP contribution in [-0.2, 0) is 9.53 Å². The smallest absolute Gasteiger partial charge is 0.245 e. The molecule has 2 N–H and O–H groups in total. The number of carbonyl (C=O) groups excluding carboxylic acids is 1. The number of nitrogens with one attached hydrogen (secondary N) is 2. The van der Waals surface area contributed by atoms with Crippen LogP contribution in [0.25, 0.3) is 10.9 Å². The first-order valence-electron chi connectivity index (χ1n) is 15.4. The van der Waals surface area contributed by atoms with E-state index in [-0.39, 0.29) is 23.7 Å². The van der Waals surface area contributed by atoms with E-state index in [4.69, 9.17) is 14.2 Å². The number of amides is 1. The van der Waals surface area contributed by atoms with Gasteiger partial charge in [-0.2, -0.15) is 0 Å². The fourth-order valence-electron chi connectivity index (χ4n) is 5.96. The summed E-state index contributed by atoms with van der Waals surface area (Å²) in [5, 5.41) is 7.38. The number of pyridine rings is 1. The molecule has 0 aliphatic carbocycles. The van der Waals surface area contributed by atoms with E-state index in [9.17, 15) is 4.79 Å². The second-order valence-electron chi connectivity index (χ2n) is 11.4. The standard InChI is InChI=1S/C34H38FN7O4/c1-4-33(43)41-14-10-22(11-15-41)39-30-18-26-29(19-31(30)45-3)37-21-38-34(26)40-28-8-7-23(16-27(28)35)46-24-9-12-36-32(17-24)42-13-5-6-25(20-42)44-2/h4,7-9,12,16-19,21-22,25,39H,1,5-6,10-11,13-15,20H2,2-3H3,(H,37,38,40)/t25-/m1/s1. The van der Waals surface area contributed by atoms with E-state index in [1.807, 2.05) is 18.2 Å². The highest BCUT2D eigenvalue weighted by Gasteiger charge is 2.23. The van der Waals surface area contributed by atoms with Crippen molar-refractivity contribution >= 4 is 39.8 Å². The highest BCUT2D eigenvalue weighted by atomic mass is 19.1. The van der Waals surface area contributed by atoms with Gasteiger partial charge in [0, 0.05) is 69.1 Å². The van der Waals surface area contributed by atoms with E-state index >= 15 is 4.39 Å². The van der Waals surface area contributed by atoms with Crippen LogP contribution in [0.1, 0.15) is 25.7 Å². The number of carbonyl (C=O) groups is 1. The number of hydrogen-bond acceptors (Lipinski definition) is 10. The quantitative estimate of drug-likeness (QED) is 0.206. The highest BCUT2D eigenvalue weighted by molar-refractivity contribution is 5.95. The number of methoxy groups -OCH3 is 2. The first kappa shape index (κ1) is 31.0. The van der Waals surface area contributed by atoms with Gasteiger partial charge < -0.3 is 34.6 Å². The fourth-order valence-corrected chi connectivity index (χ4v) is 5.96. The maximum absolute atomic E-state index is 15.4. The number of anilines is 4. The summed E-state index contributed by atoms with van der Waals surface area (Å²) in [5.41, 5.74) is 1.65. The minimum Gasteiger partial charge on any atom is -0.495 e. The molecule has 11 nitrogen and oxygen atoms in total. The molecule has 2 fully saturated rings. The Morgan fingerprint density at radius 3 is 2.59 bits per heavy atom. The number of rotatable bonds is 10. The summed E-state index contributed by atoms with van der Waals surface area (Å²) >= 11 is 0. The minimum atomic E-state index is -0.495. The molecule has 1 atom stereocenters. The lowest BCUT2D eigenvalue weighted by molar-refractivity contribution is -0.126. The van der Waals surface area contributed by atoms with E-state index in [2.05, 4.69) is 37.1 Å². The second kappa shape index (κ2) is 14.0. The molecular weight excluding hydrogens is 589 g/mol. The van der Waals surface area contributed by atoms with Gasteiger partial charge in [-0.15, -0.1) is 0 Å². The Balaban J connectivity index is 1.17. The molecule has 2 saturated heterocycles. The van der Waals surface area contributed by atoms with E-state index < -0.39 is 5.82 Å². The monoisotopic (exact) mass is 627 g/mol. The van der Waals surface area contributed by atoms with Crippen LogP contribution in [-0.4, -0.2) is 78.3 Å². The number of hydrogen-bond donors (Lipinski definition) is 2. The van der Waals surface area contributed by atoms with Crippen LogP contribution in [0.15, 0.2) is 67.6 Å². The minimum absolute atomic E-state index is 0.0539. The molecule has 0 bridgehead atoms. The zero-order chi connectivity index (χ0) is 32.0. The summed E-state index contributed by atoms with van der Waals surface area (Å²) in [4.78, 5) is 29.3. The predicted octanol–water partition coefficient (Wildman–Crippen LogP) is 5.91. The van der Waals surface area contributed by atoms with Crippen molar-refractivity contribution < 1.29 is 23.4 Å². The van der Waals surface area contributed by atoms with E-state index in [1.165, 1.54) is 18.5 Å². The molecule has 0 saturated carbocycles. The van der Waals surface area contributed by atoms with Crippen LogP contribution in [0.4, 0.5) is 27.4 Å². The molecule has 2 aliphatic rings. The average Bonchev–Trinajstić information content (AvgIpc) is 3.09. The van der Waals surface area contributed by atoms with Gasteiger partial charge in [0.25, 0.3) is 0 Å². The third-order valence-electron chi connectivity index (χ3n) is 8.48. The highest BCUT2D eigenvalue weighted by Crippen LogP contribution is 2.35. The number of piperidine rings is 2. The van der Waals surface area contributed by atoms with Crippen molar-refractivity contribution in [2.45, 2.75) is 37.8 Å². The lowest BCUT2D eigenvalue weighted by Gasteiger charge is -2.32. The average molecular weight is 628 g/mol. The number of benzene rings is 2. The Kier molecular flexibility index (Phi) is 9.43. The molecule has 4 aromatic rings. The van der Waals surface area contributed by atoms with Gasteiger partial charge >= 0.3 is 0 Å². The Morgan fingerprint density at radius 1 is 1.00 bits per heavy atom. The molecule has 2 aromatic heterocycles. The van der Waals surface area contributed by atoms with Crippen LogP contribution in [0, 0.1) is 5.82 Å². The molecule has 1 amide bonds. The third-order valence-corrected chi connectivity index (χ3v) is 8.48. The molecule has 12 heteroatoms. The molecule has 0 spiro atoms. The van der Waals surface area contributed by atoms with Crippen LogP contribution >= 0.6 is 0 Å². The Labute approximate surface area is 267 Å². The molecular formula is C34H38FN7O4. The van der Waals surface area contributed by atoms with Gasteiger partial charge in [-0.1, -0.05) is 6.58 Å². The molecule has 2 aliphatic heterocycles. The first-order chi connectivity index (χ1) is 22.4. The SMILES string of the molecule is C=CC(=O)N1CCC(Nc2cc3c(Nc4ccc(Oc5ccnc(N6CCC[C@@H](OC)C6)c5)cc4F)ncnc3cc2OC)CC1. The number of ether oxygens (including phenoxy) is 3. The van der Waals surface area contributed by atoms with Crippen molar-refractivity contribution in [2.24, 2.45) is 0 Å². The van der Waals surface area contributed by atoms with Crippen LogP contribution in [0.2, 0.25) is 0 Å². The van der Waals surface area contributed by atoms with Crippen molar-refractivity contribution in [1.29, 1.82) is 0 Å². The number of nitrogens with zero attached hydrogens (tertiary/aromatic N) is 5. The molecule has 240 valence electrons. The Hall–Kier alpha value is -4.97. The van der Waals surface area contributed by atoms with Gasteiger partial charge in [0.1, 0.15) is 41.0 Å². The van der Waals surface area contributed by atoms with Gasteiger partial charge in [-0.05, 0) is 56.0 Å². The maximum Gasteiger partial charge on any atom is 0.245 e. The summed E-state index contributed by atoms with van der Waals surface area (Å²) in [6.45, 7) is 6.53. The van der Waals surface area contributed by atoms with Crippen molar-refractivity contribution in [1.82, 2.24) is 19.9 Å². The summed E-state index contributed by atoms with van der Waals surface area (Å²) in [6.07, 6.45) is 8.26. The maximum atomic E-state index is 15.4. The number of likely N-dealkylation sites (tertiary alicyclic amines) is 1. The molecule has 0 radical (unpaired) electrons. The van der Waals surface area contributed by atoms with Crippen molar-refractivity contribution in [2.75, 3.05) is 55.9 Å². The van der Waals surface area contributed by atoms with E-state index in [1.54, 1.807) is 43.5 Å². The predicted molar refractivity (Wildman–Crippen MR) is 176 cm³/mol. The molecule has 6 rings (SSSR count). The second-order valence-corrected chi connectivity index (χ2v) is 11.4. The molecule has 2 aromatic carbocycles. The van der Waals surface area contributed by atoms with Gasteiger partial charge in [0.15, 0.2) is 0 Å². The number of halogens is 1. The third kappa shape index (κ3) is 6.96. The summed E-state index contributed by atoms with van der Waals surface area (Å²) in [6, 6.07) is 12.2. The van der Waals surface area contributed by atoms with Crippen molar-refractivity contribution in [3.05, 3.63) is 73.5 Å². The summed E-state index contributed by atoms with van der Waals surface area (Å²) in [7, 11) is 3.34. The van der Waals surface area contributed by atoms with Crippen LogP contribution in [0.3, 0.4) is 0 Å². The van der Waals surface area contributed by atoms with Gasteiger partial charge in [0.2, 0.25) is 5.91 Å². The normalized spacial score (nSPS) is 17.1. The van der Waals surface area contributed by atoms with Gasteiger partial charge in [-0.3, -0.25) is 4.79 Å². The first-order valence-corrected chi connectivity index (χ1v) is 15.4. The molecule has 0 unspecified atom stereocenters. The van der Waals surface area contributed by atoms with Crippen molar-refractivity contribution in [3.63, 3.8) is 0 Å². The van der Waals surface area contributed by atoms with E-state index in [0.717, 1.165) is 50.3 Å². The van der Waals surface area contributed by atoms with Crippen LogP contribution in [0.5, 0.6) is 17.2 Å². The summed E-state index contributed by atoms with van der Waals surface area (Å²) in [5.74, 6) is 2.26. The molecule has 46 heavy (non-hydrogen) atoms. The van der Waals surface area contributed by atoms with Gasteiger partial charge in [0.05, 0.1) is 30.1 Å². The zero-order valence-electron chi connectivity index (χ0n) is 26.0. The van der Waals surface area contributed by atoms with Gasteiger partial charge in [-0.25, -0.2) is 19.3 Å². The lowest BCUT2D eigenvalue weighted by atomic mass is 10.0. The number of aromatic nitrogens is 3. The topological polar surface area (TPSA) is 114 Å². The zero-order valence-corrected chi connectivity index (χ0v) is 26.0. The van der Waals surface area contributed by atoms with Crippen LogP contribution < -0.4 is 25.0 Å². The summed E-state index contributed by atoms with van der Waals surface area (Å²) < 4.78 is 32.6. The van der Waals surface area contributed by atoms with E-state index in [0.29, 0.717) is 47.1 Å². The Morgan fingerprint density at radius 2 is 1.83 bits per heavy atom. The largest absolute Gasteiger partial charge is 0.495 e. The van der Waals surface area contributed by atoms with Crippen molar-refractivity contribution in [3.8, 4) is 17.2 Å². The Bertz CT molecular complexity index is 1710. The lowest BCUT2D eigenvalue weighted by Crippen LogP contribution is -2.41.